The Morgan fingerprint density at radius 3 is 2.30 bits per heavy atom. The summed E-state index contributed by atoms with van der Waals surface area (Å²) >= 11 is 0. The number of sulfonamides is 1. The maximum absolute atomic E-state index is 12.3. The summed E-state index contributed by atoms with van der Waals surface area (Å²) in [5, 5.41) is 0. The van der Waals surface area contributed by atoms with E-state index >= 15 is 0 Å². The predicted octanol–water partition coefficient (Wildman–Crippen LogP) is 0.393. The first-order valence-electron chi connectivity index (χ1n) is 6.25. The normalized spacial score (nSPS) is 10.9. The molecule has 0 radical (unpaired) electrons. The second-order valence-electron chi connectivity index (χ2n) is 4.28. The van der Waals surface area contributed by atoms with Crippen LogP contribution in [0.25, 0.3) is 0 Å². The van der Waals surface area contributed by atoms with Gasteiger partial charge in [-0.25, -0.2) is 8.42 Å². The average Bonchev–Trinajstić information content (AvgIpc) is 2.54. The molecule has 1 aromatic carbocycles. The number of anilines is 1. The van der Waals surface area contributed by atoms with Gasteiger partial charge in [-0.15, -0.1) is 0 Å². The molecule has 2 aromatic rings. The molecule has 2 rings (SSSR count). The molecule has 0 aliphatic rings. The molecule has 0 aliphatic heterocycles. The molecule has 0 saturated carbocycles. The third-order valence-corrected chi connectivity index (χ3v) is 4.13. The number of rotatable bonds is 6. The Hall–Kier alpha value is -2.88. The van der Waals surface area contributed by atoms with Gasteiger partial charge >= 0.3 is 6.01 Å². The number of carbonyl (C=O) groups excluding carboxylic acids is 1. The number of ether oxygens (including phenoxy) is 2. The Morgan fingerprint density at radius 2 is 1.78 bits per heavy atom. The van der Waals surface area contributed by atoms with E-state index < -0.39 is 15.9 Å². The smallest absolute Gasteiger partial charge is 0.321 e. The number of aromatic nitrogens is 2. The van der Waals surface area contributed by atoms with Crippen LogP contribution in [0.3, 0.4) is 0 Å². The molecule has 0 spiro atoms. The van der Waals surface area contributed by atoms with Gasteiger partial charge in [-0.05, 0) is 24.3 Å². The van der Waals surface area contributed by atoms with Gasteiger partial charge in [0.25, 0.3) is 10.0 Å². The highest BCUT2D eigenvalue weighted by molar-refractivity contribution is 7.92. The van der Waals surface area contributed by atoms with Crippen molar-refractivity contribution in [2.45, 2.75) is 4.90 Å². The summed E-state index contributed by atoms with van der Waals surface area (Å²) in [5.41, 5.74) is 5.31. The number of benzene rings is 1. The van der Waals surface area contributed by atoms with Gasteiger partial charge in [0.1, 0.15) is 0 Å². The molecule has 1 heterocycles. The van der Waals surface area contributed by atoms with Crippen molar-refractivity contribution in [1.82, 2.24) is 9.97 Å². The van der Waals surface area contributed by atoms with Gasteiger partial charge < -0.3 is 15.2 Å². The number of methoxy groups -OCH3 is 2. The average molecular weight is 338 g/mol. The van der Waals surface area contributed by atoms with Gasteiger partial charge in [-0.3, -0.25) is 9.52 Å². The molecule has 0 fully saturated rings. The van der Waals surface area contributed by atoms with E-state index in [1.807, 2.05) is 0 Å². The third-order valence-electron chi connectivity index (χ3n) is 2.76. The minimum absolute atomic E-state index is 0.0207. The van der Waals surface area contributed by atoms with Crippen LogP contribution in [0.1, 0.15) is 10.4 Å². The first-order valence-corrected chi connectivity index (χ1v) is 7.74. The van der Waals surface area contributed by atoms with Crippen LogP contribution >= 0.6 is 0 Å². The van der Waals surface area contributed by atoms with E-state index in [1.54, 1.807) is 0 Å². The number of nitrogens with zero attached hydrogens (tertiary/aromatic N) is 2. The van der Waals surface area contributed by atoms with Crippen molar-refractivity contribution in [3.8, 4) is 11.9 Å². The monoisotopic (exact) mass is 338 g/mol. The molecule has 0 saturated heterocycles. The second kappa shape index (κ2) is 6.48. The molecule has 3 N–H and O–H groups in total. The molecule has 122 valence electrons. The van der Waals surface area contributed by atoms with Crippen molar-refractivity contribution in [3.63, 3.8) is 0 Å². The molecule has 0 aliphatic carbocycles. The van der Waals surface area contributed by atoms with Crippen molar-refractivity contribution >= 4 is 21.7 Å². The van der Waals surface area contributed by atoms with E-state index in [-0.39, 0.29) is 28.2 Å². The van der Waals surface area contributed by atoms with Crippen LogP contribution < -0.4 is 19.9 Å². The molecule has 0 unspecified atom stereocenters. The van der Waals surface area contributed by atoms with Gasteiger partial charge in [0.2, 0.25) is 11.8 Å². The zero-order valence-electron chi connectivity index (χ0n) is 12.3. The van der Waals surface area contributed by atoms with Crippen LogP contribution in [0.4, 0.5) is 5.82 Å². The van der Waals surface area contributed by atoms with Crippen LogP contribution in [0.2, 0.25) is 0 Å². The summed E-state index contributed by atoms with van der Waals surface area (Å²) in [6.07, 6.45) is 0. The minimum atomic E-state index is -3.91. The van der Waals surface area contributed by atoms with Crippen LogP contribution in [-0.2, 0) is 10.0 Å². The highest BCUT2D eigenvalue weighted by Crippen LogP contribution is 2.20. The molecular formula is C13H14N4O5S. The fourth-order valence-corrected chi connectivity index (χ4v) is 2.64. The van der Waals surface area contributed by atoms with Gasteiger partial charge in [-0.2, -0.15) is 9.97 Å². The highest BCUT2D eigenvalue weighted by atomic mass is 32.2. The Labute approximate surface area is 132 Å². The zero-order valence-corrected chi connectivity index (χ0v) is 13.1. The topological polar surface area (TPSA) is 134 Å². The zero-order chi connectivity index (χ0) is 17.0. The summed E-state index contributed by atoms with van der Waals surface area (Å²) < 4.78 is 36.7. The summed E-state index contributed by atoms with van der Waals surface area (Å²) in [6.45, 7) is 0. The van der Waals surface area contributed by atoms with E-state index in [4.69, 9.17) is 15.2 Å². The number of nitrogens with two attached hydrogens (primary N) is 1. The van der Waals surface area contributed by atoms with E-state index in [0.29, 0.717) is 0 Å². The quantitative estimate of drug-likeness (QED) is 0.778. The van der Waals surface area contributed by atoms with Crippen LogP contribution in [-0.4, -0.2) is 38.5 Å². The maximum Gasteiger partial charge on any atom is 0.321 e. The van der Waals surface area contributed by atoms with Crippen LogP contribution in [0.15, 0.2) is 35.2 Å². The summed E-state index contributed by atoms with van der Waals surface area (Å²) in [6, 6.07) is 6.41. The van der Waals surface area contributed by atoms with Gasteiger partial charge in [0, 0.05) is 11.6 Å². The second-order valence-corrected chi connectivity index (χ2v) is 5.96. The molecular weight excluding hydrogens is 324 g/mol. The van der Waals surface area contributed by atoms with Crippen molar-refractivity contribution in [3.05, 3.63) is 35.9 Å². The molecule has 9 nitrogen and oxygen atoms in total. The van der Waals surface area contributed by atoms with Gasteiger partial charge in [0.05, 0.1) is 19.1 Å². The molecule has 0 atom stereocenters. The summed E-state index contributed by atoms with van der Waals surface area (Å²) in [7, 11) is -1.19. The molecule has 23 heavy (non-hydrogen) atoms. The van der Waals surface area contributed by atoms with E-state index in [0.717, 1.165) is 0 Å². The minimum Gasteiger partial charge on any atom is -0.481 e. The van der Waals surface area contributed by atoms with E-state index in [2.05, 4.69) is 14.7 Å². The van der Waals surface area contributed by atoms with Gasteiger partial charge in [-0.1, -0.05) is 0 Å². The van der Waals surface area contributed by atoms with E-state index in [9.17, 15) is 13.2 Å². The van der Waals surface area contributed by atoms with Crippen molar-refractivity contribution in [2.75, 3.05) is 18.9 Å². The molecule has 0 bridgehead atoms. The predicted molar refractivity (Wildman–Crippen MR) is 80.9 cm³/mol. The largest absolute Gasteiger partial charge is 0.481 e. The number of amides is 1. The lowest BCUT2D eigenvalue weighted by Crippen LogP contribution is -2.15. The lowest BCUT2D eigenvalue weighted by molar-refractivity contribution is 0.1000. The number of hydrogen-bond donors (Lipinski definition) is 2. The number of carbonyl (C=O) groups is 1. The number of hydrogen-bond acceptors (Lipinski definition) is 7. The van der Waals surface area contributed by atoms with Crippen molar-refractivity contribution in [1.29, 1.82) is 0 Å². The first kappa shape index (κ1) is 16.5. The van der Waals surface area contributed by atoms with Crippen molar-refractivity contribution < 1.29 is 22.7 Å². The Bertz CT molecular complexity index is 799. The first-order chi connectivity index (χ1) is 10.9. The molecule has 10 heteroatoms. The standard InChI is InChI=1S/C13H14N4O5S/c1-21-11-7-10(15-13(16-11)22-2)17-23(19,20)9-5-3-8(4-6-9)12(14)18/h3-7H,1-2H3,(H2,14,18)(H,15,16,17). The van der Waals surface area contributed by atoms with Crippen LogP contribution in [0, 0.1) is 0 Å². The summed E-state index contributed by atoms with van der Waals surface area (Å²) in [4.78, 5) is 18.7. The lowest BCUT2D eigenvalue weighted by atomic mass is 10.2. The molecule has 1 aromatic heterocycles. The Morgan fingerprint density at radius 1 is 1.13 bits per heavy atom. The Balaban J connectivity index is 2.32. The highest BCUT2D eigenvalue weighted by Gasteiger charge is 2.17. The van der Waals surface area contributed by atoms with E-state index in [1.165, 1.54) is 44.6 Å². The fourth-order valence-electron chi connectivity index (χ4n) is 1.65. The maximum atomic E-state index is 12.3. The van der Waals surface area contributed by atoms with Crippen LogP contribution in [0.5, 0.6) is 11.9 Å². The summed E-state index contributed by atoms with van der Waals surface area (Å²) in [5.74, 6) is -0.529. The lowest BCUT2D eigenvalue weighted by Gasteiger charge is -2.09. The Kier molecular flexibility index (Phi) is 4.65. The SMILES string of the molecule is COc1cc(NS(=O)(=O)c2ccc(C(N)=O)cc2)nc(OC)n1. The third kappa shape index (κ3) is 3.86. The van der Waals surface area contributed by atoms with Crippen molar-refractivity contribution in [2.24, 2.45) is 5.73 Å². The fraction of sp³-hybridized carbons (Fsp3) is 0.154. The number of nitrogens with one attached hydrogen (secondary N) is 1. The van der Waals surface area contributed by atoms with Gasteiger partial charge in [0.15, 0.2) is 5.82 Å². The number of primary amides is 1. The molecule has 1 amide bonds.